The Balaban J connectivity index is 1.37. The normalized spacial score (nSPS) is 10.9. The molecule has 0 aliphatic heterocycles. The third-order valence-corrected chi connectivity index (χ3v) is 5.18. The Morgan fingerprint density at radius 1 is 0.867 bits per heavy atom. The van der Waals surface area contributed by atoms with Crippen molar-refractivity contribution in [2.75, 3.05) is 14.2 Å². The van der Waals surface area contributed by atoms with E-state index in [1.807, 2.05) is 30.3 Å². The number of benzene rings is 2. The van der Waals surface area contributed by atoms with E-state index in [9.17, 15) is 0 Å². The first kappa shape index (κ1) is 20.2. The molecule has 0 N–H and O–H groups in total. The molecule has 10 heteroatoms. The average molecular weight is 445 g/mol. The number of thioether (sulfide) groups is 1. The maximum Gasteiger partial charge on any atom is 0.277 e. The summed E-state index contributed by atoms with van der Waals surface area (Å²) in [5.74, 6) is 3.12. The van der Waals surface area contributed by atoms with Crippen LogP contribution in [0.3, 0.4) is 0 Å². The number of aromatic nitrogens is 4. The molecule has 154 valence electrons. The van der Waals surface area contributed by atoms with Crippen LogP contribution in [-0.2, 0) is 12.2 Å². The number of hydrogen-bond acceptors (Lipinski definition) is 9. The first-order valence-electron chi connectivity index (χ1n) is 8.89. The maximum absolute atomic E-state index is 5.90. The minimum Gasteiger partial charge on any atom is -0.493 e. The molecule has 0 saturated carbocycles. The van der Waals surface area contributed by atoms with Crippen molar-refractivity contribution < 1.29 is 18.3 Å². The molecule has 8 nitrogen and oxygen atoms in total. The third-order valence-electron chi connectivity index (χ3n) is 4.13. The molecule has 2 aromatic carbocycles. The molecule has 0 atom stereocenters. The van der Waals surface area contributed by atoms with E-state index in [1.165, 1.54) is 11.8 Å². The van der Waals surface area contributed by atoms with Crippen molar-refractivity contribution >= 4 is 23.4 Å². The Kier molecular flexibility index (Phi) is 6.20. The number of ether oxygens (including phenoxy) is 2. The molecular weight excluding hydrogens is 428 g/mol. The van der Waals surface area contributed by atoms with Crippen LogP contribution in [0.15, 0.2) is 56.5 Å². The highest BCUT2D eigenvalue weighted by molar-refractivity contribution is 7.98. The Morgan fingerprint density at radius 2 is 1.63 bits per heavy atom. The van der Waals surface area contributed by atoms with Gasteiger partial charge in [0.2, 0.25) is 17.7 Å². The summed E-state index contributed by atoms with van der Waals surface area (Å²) in [6.45, 7) is 0. The fourth-order valence-corrected chi connectivity index (χ4v) is 3.42. The van der Waals surface area contributed by atoms with Crippen LogP contribution in [0.4, 0.5) is 0 Å². The highest BCUT2D eigenvalue weighted by Gasteiger charge is 2.13. The monoisotopic (exact) mass is 444 g/mol. The lowest BCUT2D eigenvalue weighted by Crippen LogP contribution is -1.94. The van der Waals surface area contributed by atoms with E-state index >= 15 is 0 Å². The lowest BCUT2D eigenvalue weighted by atomic mass is 10.1. The summed E-state index contributed by atoms with van der Waals surface area (Å²) in [7, 11) is 3.19. The maximum atomic E-state index is 5.90. The Morgan fingerprint density at radius 3 is 2.40 bits per heavy atom. The lowest BCUT2D eigenvalue weighted by molar-refractivity contribution is 0.354. The molecule has 0 fully saturated rings. The predicted octanol–water partition coefficient (Wildman–Crippen LogP) is 4.67. The Hall–Kier alpha value is -3.04. The summed E-state index contributed by atoms with van der Waals surface area (Å²) in [6.07, 6.45) is 0.481. The van der Waals surface area contributed by atoms with Gasteiger partial charge in [-0.15, -0.1) is 20.4 Å². The van der Waals surface area contributed by atoms with E-state index in [0.29, 0.717) is 51.6 Å². The van der Waals surface area contributed by atoms with Gasteiger partial charge in [0, 0.05) is 10.6 Å². The van der Waals surface area contributed by atoms with Crippen molar-refractivity contribution in [3.63, 3.8) is 0 Å². The van der Waals surface area contributed by atoms with Gasteiger partial charge in [0.05, 0.1) is 26.4 Å². The Bertz CT molecular complexity index is 1130. The highest BCUT2D eigenvalue weighted by atomic mass is 35.5. The van der Waals surface area contributed by atoms with Gasteiger partial charge >= 0.3 is 0 Å². The van der Waals surface area contributed by atoms with Gasteiger partial charge in [-0.3, -0.25) is 0 Å². The summed E-state index contributed by atoms with van der Waals surface area (Å²) in [5.41, 5.74) is 1.77. The number of methoxy groups -OCH3 is 2. The molecule has 2 heterocycles. The molecule has 0 saturated heterocycles. The van der Waals surface area contributed by atoms with Gasteiger partial charge < -0.3 is 18.3 Å². The average Bonchev–Trinajstić information content (AvgIpc) is 3.42. The minimum atomic E-state index is 0.415. The molecule has 0 amide bonds. The van der Waals surface area contributed by atoms with Gasteiger partial charge in [0.15, 0.2) is 11.5 Å². The molecule has 0 unspecified atom stereocenters. The van der Waals surface area contributed by atoms with Crippen LogP contribution in [0.1, 0.15) is 17.3 Å². The zero-order valence-electron chi connectivity index (χ0n) is 16.2. The second-order valence-electron chi connectivity index (χ2n) is 6.12. The van der Waals surface area contributed by atoms with Gasteiger partial charge in [0.25, 0.3) is 5.22 Å². The Labute approximate surface area is 181 Å². The quantitative estimate of drug-likeness (QED) is 0.359. The van der Waals surface area contributed by atoms with Crippen LogP contribution in [0, 0.1) is 0 Å². The summed E-state index contributed by atoms with van der Waals surface area (Å²) in [4.78, 5) is 0. The number of rotatable bonds is 8. The smallest absolute Gasteiger partial charge is 0.277 e. The van der Waals surface area contributed by atoms with Crippen LogP contribution >= 0.6 is 23.4 Å². The van der Waals surface area contributed by atoms with Crippen LogP contribution in [0.25, 0.3) is 11.5 Å². The zero-order valence-corrected chi connectivity index (χ0v) is 17.7. The van der Waals surface area contributed by atoms with E-state index in [4.69, 9.17) is 29.9 Å². The summed E-state index contributed by atoms with van der Waals surface area (Å²) < 4.78 is 22.0. The fraction of sp³-hybridized carbons (Fsp3) is 0.200. The van der Waals surface area contributed by atoms with E-state index in [1.54, 1.807) is 26.4 Å². The third kappa shape index (κ3) is 4.74. The van der Waals surface area contributed by atoms with Crippen LogP contribution in [0.5, 0.6) is 11.5 Å². The highest BCUT2D eigenvalue weighted by Crippen LogP contribution is 2.29. The molecule has 0 spiro atoms. The summed E-state index contributed by atoms with van der Waals surface area (Å²) in [5, 5.41) is 17.3. The van der Waals surface area contributed by atoms with Crippen molar-refractivity contribution in [2.24, 2.45) is 0 Å². The van der Waals surface area contributed by atoms with E-state index in [-0.39, 0.29) is 0 Å². The van der Waals surface area contributed by atoms with Crippen molar-refractivity contribution in [1.29, 1.82) is 0 Å². The largest absolute Gasteiger partial charge is 0.493 e. The van der Waals surface area contributed by atoms with Crippen molar-refractivity contribution in [3.8, 4) is 23.0 Å². The van der Waals surface area contributed by atoms with Gasteiger partial charge in [-0.05, 0) is 42.0 Å². The molecule has 0 aliphatic rings. The van der Waals surface area contributed by atoms with E-state index in [2.05, 4.69) is 20.4 Å². The number of halogens is 1. The van der Waals surface area contributed by atoms with Crippen LogP contribution in [0.2, 0.25) is 5.02 Å². The number of hydrogen-bond donors (Lipinski definition) is 0. The van der Waals surface area contributed by atoms with Gasteiger partial charge in [-0.1, -0.05) is 29.4 Å². The fourth-order valence-electron chi connectivity index (χ4n) is 2.68. The SMILES string of the molecule is COc1ccc(Cc2nnc(SCc3nnc(-c4ccc(Cl)cc4)o3)o2)cc1OC. The van der Waals surface area contributed by atoms with Crippen LogP contribution < -0.4 is 9.47 Å². The molecule has 30 heavy (non-hydrogen) atoms. The second kappa shape index (κ2) is 9.19. The van der Waals surface area contributed by atoms with Crippen molar-refractivity contribution in [2.45, 2.75) is 17.4 Å². The summed E-state index contributed by atoms with van der Waals surface area (Å²) >= 11 is 7.23. The molecule has 4 rings (SSSR count). The predicted molar refractivity (Wildman–Crippen MR) is 111 cm³/mol. The molecule has 0 aliphatic carbocycles. The summed E-state index contributed by atoms with van der Waals surface area (Å²) in [6, 6.07) is 12.8. The first-order chi connectivity index (χ1) is 14.6. The molecule has 2 aromatic heterocycles. The van der Waals surface area contributed by atoms with Gasteiger partial charge in [-0.2, -0.15) is 0 Å². The second-order valence-corrected chi connectivity index (χ2v) is 7.49. The minimum absolute atomic E-state index is 0.415. The van der Waals surface area contributed by atoms with Gasteiger partial charge in [-0.25, -0.2) is 0 Å². The van der Waals surface area contributed by atoms with Crippen LogP contribution in [-0.4, -0.2) is 34.6 Å². The van der Waals surface area contributed by atoms with Crippen molar-refractivity contribution in [3.05, 3.63) is 64.8 Å². The zero-order chi connectivity index (χ0) is 20.9. The lowest BCUT2D eigenvalue weighted by Gasteiger charge is -2.08. The number of nitrogens with zero attached hydrogens (tertiary/aromatic N) is 4. The topological polar surface area (TPSA) is 96.3 Å². The standard InChI is InChI=1S/C20H17ClN4O4S/c1-26-15-8-3-12(9-16(15)27-2)10-17-22-25-20(29-17)30-11-18-23-24-19(28-18)13-4-6-14(21)7-5-13/h3-9H,10-11H2,1-2H3. The van der Waals surface area contributed by atoms with Gasteiger partial charge in [0.1, 0.15) is 0 Å². The molecule has 0 bridgehead atoms. The van der Waals surface area contributed by atoms with E-state index in [0.717, 1.165) is 11.1 Å². The molecular formula is C20H17ClN4O4S. The molecule has 4 aromatic rings. The van der Waals surface area contributed by atoms with E-state index < -0.39 is 0 Å². The first-order valence-corrected chi connectivity index (χ1v) is 10.3. The van der Waals surface area contributed by atoms with Crippen molar-refractivity contribution in [1.82, 2.24) is 20.4 Å². The molecule has 0 radical (unpaired) electrons.